The molecule has 2 amide bonds. The molecule has 1 unspecified atom stereocenters. The lowest BCUT2D eigenvalue weighted by molar-refractivity contribution is -0.141. The largest absolute Gasteiger partial charge is 0.481 e. The van der Waals surface area contributed by atoms with Gasteiger partial charge in [-0.2, -0.15) is 13.2 Å². The molecule has 27 heavy (non-hydrogen) atoms. The van der Waals surface area contributed by atoms with Gasteiger partial charge in [0.25, 0.3) is 0 Å². The van der Waals surface area contributed by atoms with Crippen molar-refractivity contribution in [2.45, 2.75) is 51.2 Å². The first-order chi connectivity index (χ1) is 12.3. The maximum absolute atomic E-state index is 12.1. The number of hydrogen-bond donors (Lipinski definition) is 3. The topological polar surface area (TPSA) is 95.5 Å². The second kappa shape index (κ2) is 8.88. The van der Waals surface area contributed by atoms with Crippen LogP contribution in [0.5, 0.6) is 0 Å². The number of alkyl halides is 3. The zero-order valence-electron chi connectivity index (χ0n) is 15.3. The quantitative estimate of drug-likeness (QED) is 0.626. The molecule has 3 N–H and O–H groups in total. The van der Waals surface area contributed by atoms with Crippen LogP contribution in [-0.2, 0) is 19.8 Å². The molecule has 0 spiro atoms. The normalized spacial score (nSPS) is 13.0. The van der Waals surface area contributed by atoms with Crippen LogP contribution in [0.1, 0.15) is 50.8 Å². The van der Waals surface area contributed by atoms with Gasteiger partial charge in [-0.3, -0.25) is 14.4 Å². The number of carbonyl (C=O) groups is 3. The van der Waals surface area contributed by atoms with E-state index in [1.807, 2.05) is 32.9 Å². The summed E-state index contributed by atoms with van der Waals surface area (Å²) in [6.45, 7) is 4.50. The van der Waals surface area contributed by atoms with Crippen molar-refractivity contribution in [3.63, 3.8) is 0 Å². The van der Waals surface area contributed by atoms with Crippen LogP contribution in [0.15, 0.2) is 24.3 Å². The highest BCUT2D eigenvalue weighted by Gasteiger charge is 2.28. The smallest absolute Gasteiger partial charge is 0.405 e. The summed E-state index contributed by atoms with van der Waals surface area (Å²) in [5, 5.41) is 13.0. The van der Waals surface area contributed by atoms with Crippen LogP contribution in [0.2, 0.25) is 0 Å². The molecule has 0 heterocycles. The average Bonchev–Trinajstić information content (AvgIpc) is 2.50. The van der Waals surface area contributed by atoms with Crippen molar-refractivity contribution >= 4 is 17.8 Å². The fourth-order valence-electron chi connectivity index (χ4n) is 2.29. The van der Waals surface area contributed by atoms with Crippen molar-refractivity contribution in [3.8, 4) is 0 Å². The minimum Gasteiger partial charge on any atom is -0.481 e. The lowest BCUT2D eigenvalue weighted by atomic mass is 9.86. The predicted molar refractivity (Wildman–Crippen MR) is 92.0 cm³/mol. The van der Waals surface area contributed by atoms with Crippen LogP contribution in [0.4, 0.5) is 13.2 Å². The Morgan fingerprint density at radius 3 is 2.04 bits per heavy atom. The number of rotatable bonds is 7. The van der Waals surface area contributed by atoms with Gasteiger partial charge in [0.1, 0.15) is 13.0 Å². The Hall–Kier alpha value is -2.58. The number of carbonyl (C=O) groups excluding carboxylic acids is 2. The van der Waals surface area contributed by atoms with Crippen molar-refractivity contribution in [3.05, 3.63) is 35.4 Å². The lowest BCUT2D eigenvalue weighted by Gasteiger charge is -2.22. The molecule has 0 radical (unpaired) electrons. The van der Waals surface area contributed by atoms with Gasteiger partial charge in [0.2, 0.25) is 11.8 Å². The summed E-state index contributed by atoms with van der Waals surface area (Å²) in [6.07, 6.45) is -5.83. The first-order valence-electron chi connectivity index (χ1n) is 8.23. The van der Waals surface area contributed by atoms with Crippen molar-refractivity contribution in [1.82, 2.24) is 10.6 Å². The third kappa shape index (κ3) is 8.57. The second-order valence-corrected chi connectivity index (χ2v) is 7.16. The molecule has 9 heteroatoms. The number of carboxylic acids is 1. The summed E-state index contributed by atoms with van der Waals surface area (Å²) in [5.74, 6) is -3.12. The monoisotopic (exact) mass is 388 g/mol. The number of benzene rings is 1. The zero-order valence-corrected chi connectivity index (χ0v) is 15.3. The van der Waals surface area contributed by atoms with Gasteiger partial charge in [0, 0.05) is 0 Å². The van der Waals surface area contributed by atoms with Gasteiger partial charge in [-0.15, -0.1) is 0 Å². The molecule has 0 fully saturated rings. The Labute approximate surface area is 155 Å². The van der Waals surface area contributed by atoms with Crippen molar-refractivity contribution < 1.29 is 32.7 Å². The highest BCUT2D eigenvalue weighted by molar-refractivity contribution is 5.97. The SMILES string of the molecule is CC(C)(C)c1ccc(C(CC(=O)O)NC(=O)CC(=O)NCC(F)(F)F)cc1. The van der Waals surface area contributed by atoms with E-state index in [9.17, 15) is 27.6 Å². The summed E-state index contributed by atoms with van der Waals surface area (Å²) in [4.78, 5) is 34.4. The molecule has 1 atom stereocenters. The molecule has 0 aliphatic rings. The van der Waals surface area contributed by atoms with Crippen LogP contribution >= 0.6 is 0 Å². The van der Waals surface area contributed by atoms with E-state index >= 15 is 0 Å². The summed E-state index contributed by atoms with van der Waals surface area (Å²) in [5.41, 5.74) is 1.42. The molecule has 0 aliphatic carbocycles. The van der Waals surface area contributed by atoms with E-state index in [1.165, 1.54) is 0 Å². The minimum atomic E-state index is -4.58. The predicted octanol–water partition coefficient (Wildman–Crippen LogP) is 2.68. The van der Waals surface area contributed by atoms with E-state index in [2.05, 4.69) is 5.32 Å². The molecule has 0 saturated heterocycles. The lowest BCUT2D eigenvalue weighted by Crippen LogP contribution is -2.38. The van der Waals surface area contributed by atoms with E-state index in [1.54, 1.807) is 17.4 Å². The van der Waals surface area contributed by atoms with Gasteiger partial charge in [-0.25, -0.2) is 0 Å². The van der Waals surface area contributed by atoms with Gasteiger partial charge in [-0.1, -0.05) is 45.0 Å². The summed E-state index contributed by atoms with van der Waals surface area (Å²) in [7, 11) is 0. The van der Waals surface area contributed by atoms with Gasteiger partial charge in [0.05, 0.1) is 12.5 Å². The van der Waals surface area contributed by atoms with Gasteiger partial charge >= 0.3 is 12.1 Å². The zero-order chi connectivity index (χ0) is 20.8. The maximum atomic E-state index is 12.1. The third-order valence-corrected chi connectivity index (χ3v) is 3.70. The van der Waals surface area contributed by atoms with E-state index in [-0.39, 0.29) is 5.41 Å². The number of amides is 2. The second-order valence-electron chi connectivity index (χ2n) is 7.16. The molecule has 150 valence electrons. The fourth-order valence-corrected chi connectivity index (χ4v) is 2.29. The highest BCUT2D eigenvalue weighted by atomic mass is 19.4. The Kier molecular flexibility index (Phi) is 7.38. The highest BCUT2D eigenvalue weighted by Crippen LogP contribution is 2.25. The molecule has 1 aromatic rings. The minimum absolute atomic E-state index is 0.110. The molecule has 0 aromatic heterocycles. The van der Waals surface area contributed by atoms with Crippen molar-refractivity contribution in [2.75, 3.05) is 6.54 Å². The molecular formula is C18H23F3N2O4. The first kappa shape index (κ1) is 22.5. The van der Waals surface area contributed by atoms with Crippen LogP contribution in [0.25, 0.3) is 0 Å². The number of carboxylic acid groups (broad SMARTS) is 1. The molecule has 0 saturated carbocycles. The molecular weight excluding hydrogens is 365 g/mol. The van der Waals surface area contributed by atoms with Gasteiger partial charge in [-0.05, 0) is 16.5 Å². The Morgan fingerprint density at radius 2 is 1.59 bits per heavy atom. The summed E-state index contributed by atoms with van der Waals surface area (Å²) in [6, 6.07) is 6.08. The standard InChI is InChI=1S/C18H23F3N2O4/c1-17(2,3)12-6-4-11(5-7-12)13(8-16(26)27)23-15(25)9-14(24)22-10-18(19,20)21/h4-7,13H,8-10H2,1-3H3,(H,22,24)(H,23,25)(H,26,27). The number of nitrogens with one attached hydrogen (secondary N) is 2. The van der Waals surface area contributed by atoms with Crippen LogP contribution in [-0.4, -0.2) is 35.6 Å². The maximum Gasteiger partial charge on any atom is 0.405 e. The molecule has 6 nitrogen and oxygen atoms in total. The summed E-state index contributed by atoms with van der Waals surface area (Å²) < 4.78 is 36.2. The van der Waals surface area contributed by atoms with Crippen molar-refractivity contribution in [2.24, 2.45) is 0 Å². The van der Waals surface area contributed by atoms with Crippen molar-refractivity contribution in [1.29, 1.82) is 0 Å². The molecule has 1 rings (SSSR count). The van der Waals surface area contributed by atoms with Gasteiger partial charge < -0.3 is 15.7 Å². The fraction of sp³-hybridized carbons (Fsp3) is 0.500. The molecule has 0 aliphatic heterocycles. The average molecular weight is 388 g/mol. The Bertz CT molecular complexity index is 679. The first-order valence-corrected chi connectivity index (χ1v) is 8.23. The van der Waals surface area contributed by atoms with E-state index in [0.717, 1.165) is 5.56 Å². The van der Waals surface area contributed by atoms with Crippen LogP contribution in [0, 0.1) is 0 Å². The summed E-state index contributed by atoms with van der Waals surface area (Å²) >= 11 is 0. The van der Waals surface area contributed by atoms with E-state index in [4.69, 9.17) is 5.11 Å². The number of halogens is 3. The Morgan fingerprint density at radius 1 is 1.04 bits per heavy atom. The third-order valence-electron chi connectivity index (χ3n) is 3.70. The Balaban J connectivity index is 2.78. The number of aliphatic carboxylic acids is 1. The van der Waals surface area contributed by atoms with E-state index in [0.29, 0.717) is 5.56 Å². The van der Waals surface area contributed by atoms with Gasteiger partial charge in [0.15, 0.2) is 0 Å². The molecule has 1 aromatic carbocycles. The van der Waals surface area contributed by atoms with Crippen LogP contribution in [0.3, 0.4) is 0 Å². The van der Waals surface area contributed by atoms with Crippen LogP contribution < -0.4 is 10.6 Å². The van der Waals surface area contributed by atoms with E-state index < -0.39 is 49.4 Å². The number of hydrogen-bond acceptors (Lipinski definition) is 3. The molecule has 0 bridgehead atoms.